The van der Waals surface area contributed by atoms with E-state index in [1.807, 2.05) is 13.0 Å². The Morgan fingerprint density at radius 3 is 2.61 bits per heavy atom. The predicted octanol–water partition coefficient (Wildman–Crippen LogP) is 2.55. The molecule has 1 amide bonds. The molecule has 1 heterocycles. The molecule has 1 saturated heterocycles. The van der Waals surface area contributed by atoms with E-state index >= 15 is 0 Å². The number of hydrogen-bond acceptors (Lipinski definition) is 3. The quantitative estimate of drug-likeness (QED) is 0.906. The van der Waals surface area contributed by atoms with Gasteiger partial charge in [0.1, 0.15) is 5.82 Å². The van der Waals surface area contributed by atoms with Crippen LogP contribution in [-0.4, -0.2) is 43.5 Å². The van der Waals surface area contributed by atoms with Gasteiger partial charge in [0.25, 0.3) is 0 Å². The van der Waals surface area contributed by atoms with Gasteiger partial charge < -0.3 is 15.1 Å². The van der Waals surface area contributed by atoms with Crippen molar-refractivity contribution in [2.75, 3.05) is 37.6 Å². The molecule has 2 fully saturated rings. The van der Waals surface area contributed by atoms with Crippen LogP contribution in [-0.2, 0) is 4.79 Å². The minimum atomic E-state index is -0.247. The number of amides is 1. The van der Waals surface area contributed by atoms with E-state index in [-0.39, 0.29) is 23.7 Å². The van der Waals surface area contributed by atoms with Crippen molar-refractivity contribution in [2.24, 2.45) is 5.92 Å². The fourth-order valence-corrected chi connectivity index (χ4v) is 3.22. The summed E-state index contributed by atoms with van der Waals surface area (Å²) in [5, 5.41) is 3.04. The number of piperazine rings is 1. The van der Waals surface area contributed by atoms with Crippen molar-refractivity contribution in [1.29, 1.82) is 0 Å². The van der Waals surface area contributed by atoms with E-state index in [4.69, 9.17) is 0 Å². The van der Waals surface area contributed by atoms with Crippen molar-refractivity contribution < 1.29 is 9.18 Å². The molecule has 1 aromatic carbocycles. The van der Waals surface area contributed by atoms with E-state index in [0.717, 1.165) is 56.8 Å². The second-order valence-electron chi connectivity index (χ2n) is 6.63. The Morgan fingerprint density at radius 2 is 2.00 bits per heavy atom. The normalized spacial score (nSPS) is 20.4. The number of rotatable bonds is 5. The van der Waals surface area contributed by atoms with E-state index < -0.39 is 0 Å². The zero-order valence-electron chi connectivity index (χ0n) is 14.0. The van der Waals surface area contributed by atoms with Crippen molar-refractivity contribution in [1.82, 2.24) is 10.2 Å². The molecule has 0 aromatic heterocycles. The molecule has 1 N–H and O–H groups in total. The van der Waals surface area contributed by atoms with Crippen LogP contribution < -0.4 is 10.2 Å². The van der Waals surface area contributed by atoms with Crippen LogP contribution in [0.2, 0.25) is 0 Å². The molecule has 5 heteroatoms. The van der Waals surface area contributed by atoms with E-state index in [9.17, 15) is 9.18 Å². The lowest BCUT2D eigenvalue weighted by atomic mass is 10.0. The first-order valence-electron chi connectivity index (χ1n) is 8.65. The van der Waals surface area contributed by atoms with E-state index in [2.05, 4.69) is 22.0 Å². The van der Waals surface area contributed by atoms with Crippen LogP contribution in [0.5, 0.6) is 0 Å². The van der Waals surface area contributed by atoms with Gasteiger partial charge >= 0.3 is 0 Å². The predicted molar refractivity (Wildman–Crippen MR) is 90.0 cm³/mol. The molecule has 1 aliphatic carbocycles. The summed E-state index contributed by atoms with van der Waals surface area (Å²) in [7, 11) is 0. The lowest BCUT2D eigenvalue weighted by molar-refractivity contribution is -0.122. The van der Waals surface area contributed by atoms with Gasteiger partial charge in [-0.05, 0) is 44.5 Å². The zero-order valence-corrected chi connectivity index (χ0v) is 14.0. The van der Waals surface area contributed by atoms with Crippen LogP contribution in [0.3, 0.4) is 0 Å². The van der Waals surface area contributed by atoms with Gasteiger partial charge in [0.2, 0.25) is 5.91 Å². The van der Waals surface area contributed by atoms with Gasteiger partial charge in [-0.15, -0.1) is 0 Å². The van der Waals surface area contributed by atoms with Crippen molar-refractivity contribution in [3.8, 4) is 0 Å². The highest BCUT2D eigenvalue weighted by atomic mass is 19.1. The number of carbonyl (C=O) groups excluding carboxylic acids is 1. The minimum absolute atomic E-state index is 0.100. The van der Waals surface area contributed by atoms with Crippen molar-refractivity contribution in [2.45, 2.75) is 32.7 Å². The number of benzene rings is 1. The lowest BCUT2D eigenvalue weighted by Crippen LogP contribution is -2.46. The Kier molecular flexibility index (Phi) is 4.85. The minimum Gasteiger partial charge on any atom is -0.369 e. The summed E-state index contributed by atoms with van der Waals surface area (Å²) < 4.78 is 13.8. The fourth-order valence-electron chi connectivity index (χ4n) is 3.22. The SMILES string of the molecule is CCN1CCN(c2ccc(F)cc2[C@@H](C)NC(=O)C2CC2)CC1. The molecule has 126 valence electrons. The Labute approximate surface area is 137 Å². The molecular formula is C18H26FN3O. The number of hydrogen-bond donors (Lipinski definition) is 1. The van der Waals surface area contributed by atoms with Crippen LogP contribution in [0.4, 0.5) is 10.1 Å². The topological polar surface area (TPSA) is 35.6 Å². The summed E-state index contributed by atoms with van der Waals surface area (Å²) in [6, 6.07) is 4.77. The van der Waals surface area contributed by atoms with Gasteiger partial charge in [0.15, 0.2) is 0 Å². The number of halogens is 1. The Bertz CT molecular complexity index is 565. The van der Waals surface area contributed by atoms with Gasteiger partial charge in [0, 0.05) is 43.3 Å². The molecule has 1 saturated carbocycles. The van der Waals surface area contributed by atoms with Gasteiger partial charge in [-0.3, -0.25) is 4.79 Å². The van der Waals surface area contributed by atoms with Crippen LogP contribution >= 0.6 is 0 Å². The van der Waals surface area contributed by atoms with Crippen LogP contribution in [0.25, 0.3) is 0 Å². The summed E-state index contributed by atoms with van der Waals surface area (Å²) in [4.78, 5) is 16.7. The largest absolute Gasteiger partial charge is 0.369 e. The van der Waals surface area contributed by atoms with Crippen LogP contribution in [0.1, 0.15) is 38.3 Å². The van der Waals surface area contributed by atoms with Gasteiger partial charge in [-0.2, -0.15) is 0 Å². The van der Waals surface area contributed by atoms with Gasteiger partial charge in [-0.1, -0.05) is 6.92 Å². The smallest absolute Gasteiger partial charge is 0.223 e. The van der Waals surface area contributed by atoms with Crippen molar-refractivity contribution >= 4 is 11.6 Å². The van der Waals surface area contributed by atoms with Gasteiger partial charge in [-0.25, -0.2) is 4.39 Å². The standard InChI is InChI=1S/C18H26FN3O/c1-3-21-8-10-22(11-9-21)17-7-6-15(19)12-16(17)13(2)20-18(23)14-4-5-14/h6-7,12-14H,3-5,8-11H2,1-2H3,(H,20,23)/t13-/m1/s1. The molecule has 0 spiro atoms. The monoisotopic (exact) mass is 319 g/mol. The highest BCUT2D eigenvalue weighted by molar-refractivity contribution is 5.81. The number of likely N-dealkylation sites (N-methyl/N-ethyl adjacent to an activating group) is 1. The first kappa shape index (κ1) is 16.2. The third kappa shape index (κ3) is 3.83. The molecule has 4 nitrogen and oxygen atoms in total. The third-order valence-corrected chi connectivity index (χ3v) is 4.92. The Morgan fingerprint density at radius 1 is 1.30 bits per heavy atom. The summed E-state index contributed by atoms with van der Waals surface area (Å²) >= 11 is 0. The van der Waals surface area contributed by atoms with E-state index in [1.54, 1.807) is 6.07 Å². The maximum absolute atomic E-state index is 13.8. The molecule has 2 aliphatic rings. The first-order valence-corrected chi connectivity index (χ1v) is 8.65. The Balaban J connectivity index is 1.75. The highest BCUT2D eigenvalue weighted by Gasteiger charge is 2.31. The fraction of sp³-hybridized carbons (Fsp3) is 0.611. The Hall–Kier alpha value is -1.62. The molecule has 0 radical (unpaired) electrons. The molecule has 1 atom stereocenters. The van der Waals surface area contributed by atoms with E-state index in [0.29, 0.717) is 0 Å². The van der Waals surface area contributed by atoms with Gasteiger partial charge in [0.05, 0.1) is 6.04 Å². The number of nitrogens with one attached hydrogen (secondary N) is 1. The molecule has 23 heavy (non-hydrogen) atoms. The molecule has 0 bridgehead atoms. The molecule has 0 unspecified atom stereocenters. The molecular weight excluding hydrogens is 293 g/mol. The number of anilines is 1. The van der Waals surface area contributed by atoms with Crippen LogP contribution in [0, 0.1) is 11.7 Å². The molecule has 1 aliphatic heterocycles. The third-order valence-electron chi connectivity index (χ3n) is 4.92. The lowest BCUT2D eigenvalue weighted by Gasteiger charge is -2.37. The summed E-state index contributed by atoms with van der Waals surface area (Å²) in [6.07, 6.45) is 1.96. The first-order chi connectivity index (χ1) is 11.1. The van der Waals surface area contributed by atoms with Crippen molar-refractivity contribution in [3.63, 3.8) is 0 Å². The second-order valence-corrected chi connectivity index (χ2v) is 6.63. The number of nitrogens with zero attached hydrogens (tertiary/aromatic N) is 2. The second kappa shape index (κ2) is 6.87. The van der Waals surface area contributed by atoms with Crippen LogP contribution in [0.15, 0.2) is 18.2 Å². The highest BCUT2D eigenvalue weighted by Crippen LogP contribution is 2.32. The summed E-state index contributed by atoms with van der Waals surface area (Å²) in [6.45, 7) is 9.12. The average molecular weight is 319 g/mol. The molecule has 3 rings (SSSR count). The summed E-state index contributed by atoms with van der Waals surface area (Å²) in [5.41, 5.74) is 1.93. The summed E-state index contributed by atoms with van der Waals surface area (Å²) in [5.74, 6) is 0.0227. The number of carbonyl (C=O) groups is 1. The van der Waals surface area contributed by atoms with E-state index in [1.165, 1.54) is 6.07 Å². The maximum Gasteiger partial charge on any atom is 0.223 e. The van der Waals surface area contributed by atoms with Crippen molar-refractivity contribution in [3.05, 3.63) is 29.6 Å². The average Bonchev–Trinajstić information content (AvgIpc) is 3.40. The molecule has 1 aromatic rings. The maximum atomic E-state index is 13.8. The zero-order chi connectivity index (χ0) is 16.4.